The maximum Gasteiger partial charge on any atom is 0.220 e. The van der Waals surface area contributed by atoms with Crippen LogP contribution in [-0.2, 0) is 11.3 Å². The molecule has 0 aliphatic carbocycles. The maximum atomic E-state index is 11.9. The van der Waals surface area contributed by atoms with Crippen LogP contribution in [0.4, 0.5) is 0 Å². The molecule has 0 saturated carbocycles. The average Bonchev–Trinajstić information content (AvgIpc) is 3.14. The van der Waals surface area contributed by atoms with E-state index in [1.807, 2.05) is 29.1 Å². The number of tetrazole rings is 1. The van der Waals surface area contributed by atoms with E-state index in [0.717, 1.165) is 10.7 Å². The van der Waals surface area contributed by atoms with Crippen molar-refractivity contribution in [2.24, 2.45) is 0 Å². The molecule has 0 unspecified atom stereocenters. The molecule has 0 fully saturated rings. The number of nitrogens with zero attached hydrogens (tertiary/aromatic N) is 6. The molecule has 1 atom stereocenters. The van der Waals surface area contributed by atoms with E-state index in [-0.39, 0.29) is 11.9 Å². The van der Waals surface area contributed by atoms with E-state index in [1.54, 1.807) is 22.3 Å². The first-order chi connectivity index (χ1) is 10.2. The molecule has 1 N–H and O–H groups in total. The van der Waals surface area contributed by atoms with Crippen molar-refractivity contribution in [3.05, 3.63) is 29.8 Å². The van der Waals surface area contributed by atoms with Gasteiger partial charge in [0.25, 0.3) is 0 Å². The third-order valence-corrected chi connectivity index (χ3v) is 3.89. The Bertz CT molecular complexity index is 688. The number of aromatic nitrogens is 6. The lowest BCUT2D eigenvalue weighted by atomic mass is 10.2. The summed E-state index contributed by atoms with van der Waals surface area (Å²) < 4.78 is 3.57. The number of carbonyl (C=O) groups is 1. The standard InChI is InChI=1S/C12H15N7OS/c1-9(10-7-18-5-6-21-12(18)15-10)14-11(20)3-2-4-19-8-13-16-17-19/h5-9H,2-4H2,1H3,(H,14,20)/t9-/m1/s1. The fourth-order valence-corrected chi connectivity index (χ4v) is 2.73. The summed E-state index contributed by atoms with van der Waals surface area (Å²) in [4.78, 5) is 17.3. The van der Waals surface area contributed by atoms with Gasteiger partial charge in [0, 0.05) is 30.7 Å². The molecule has 0 aromatic carbocycles. The van der Waals surface area contributed by atoms with Crippen molar-refractivity contribution < 1.29 is 4.79 Å². The molecule has 0 spiro atoms. The third kappa shape index (κ3) is 3.24. The van der Waals surface area contributed by atoms with Crippen LogP contribution in [0.25, 0.3) is 4.96 Å². The Labute approximate surface area is 124 Å². The van der Waals surface area contributed by atoms with Crippen LogP contribution in [0.2, 0.25) is 0 Å². The van der Waals surface area contributed by atoms with Crippen molar-refractivity contribution in [1.82, 2.24) is 34.9 Å². The van der Waals surface area contributed by atoms with Gasteiger partial charge in [0.15, 0.2) is 4.96 Å². The Kier molecular flexibility index (Phi) is 3.91. The molecular weight excluding hydrogens is 290 g/mol. The van der Waals surface area contributed by atoms with Gasteiger partial charge >= 0.3 is 0 Å². The number of imidazole rings is 1. The topological polar surface area (TPSA) is 90.0 Å². The predicted octanol–water partition coefficient (Wildman–Crippen LogP) is 1.04. The second-order valence-corrected chi connectivity index (χ2v) is 5.60. The first-order valence-corrected chi connectivity index (χ1v) is 7.52. The molecule has 0 aliphatic rings. The minimum absolute atomic E-state index is 0.00642. The largest absolute Gasteiger partial charge is 0.348 e. The van der Waals surface area contributed by atoms with Crippen LogP contribution in [0.1, 0.15) is 31.5 Å². The summed E-state index contributed by atoms with van der Waals surface area (Å²) in [5.74, 6) is 0.00642. The lowest BCUT2D eigenvalue weighted by Gasteiger charge is -2.11. The molecule has 0 radical (unpaired) electrons. The number of nitrogens with one attached hydrogen (secondary N) is 1. The maximum absolute atomic E-state index is 11.9. The zero-order chi connectivity index (χ0) is 14.7. The molecule has 110 valence electrons. The zero-order valence-corrected chi connectivity index (χ0v) is 12.3. The first kappa shape index (κ1) is 13.7. The summed E-state index contributed by atoms with van der Waals surface area (Å²) in [6.07, 6.45) is 6.57. The molecule has 0 saturated heterocycles. The average molecular weight is 305 g/mol. The van der Waals surface area contributed by atoms with Gasteiger partial charge in [0.1, 0.15) is 6.33 Å². The van der Waals surface area contributed by atoms with Crippen LogP contribution in [0.5, 0.6) is 0 Å². The normalized spacial score (nSPS) is 12.6. The van der Waals surface area contributed by atoms with Crippen molar-refractivity contribution in [3.8, 4) is 0 Å². The summed E-state index contributed by atoms with van der Waals surface area (Å²) >= 11 is 1.57. The molecule has 9 heteroatoms. The highest BCUT2D eigenvalue weighted by molar-refractivity contribution is 7.15. The Balaban J connectivity index is 1.48. The van der Waals surface area contributed by atoms with Gasteiger partial charge in [-0.15, -0.1) is 16.4 Å². The summed E-state index contributed by atoms with van der Waals surface area (Å²) in [6, 6.07) is -0.0994. The monoisotopic (exact) mass is 305 g/mol. The van der Waals surface area contributed by atoms with Crippen molar-refractivity contribution in [1.29, 1.82) is 0 Å². The van der Waals surface area contributed by atoms with Crippen molar-refractivity contribution in [2.75, 3.05) is 0 Å². The second-order valence-electron chi connectivity index (χ2n) is 4.72. The van der Waals surface area contributed by atoms with Crippen LogP contribution in [0.3, 0.4) is 0 Å². The fraction of sp³-hybridized carbons (Fsp3) is 0.417. The van der Waals surface area contributed by atoms with Gasteiger partial charge in [-0.05, 0) is 23.8 Å². The molecule has 3 heterocycles. The Morgan fingerprint density at radius 3 is 3.19 bits per heavy atom. The molecule has 3 aromatic heterocycles. The zero-order valence-electron chi connectivity index (χ0n) is 11.5. The number of hydrogen-bond acceptors (Lipinski definition) is 6. The summed E-state index contributed by atoms with van der Waals surface area (Å²) in [7, 11) is 0. The minimum Gasteiger partial charge on any atom is -0.348 e. The van der Waals surface area contributed by atoms with Gasteiger partial charge in [-0.25, -0.2) is 9.67 Å². The number of carbonyl (C=O) groups excluding carboxylic acids is 1. The van der Waals surface area contributed by atoms with Crippen molar-refractivity contribution in [2.45, 2.75) is 32.4 Å². The van der Waals surface area contributed by atoms with E-state index in [2.05, 4.69) is 25.8 Å². The second kappa shape index (κ2) is 6.00. The Morgan fingerprint density at radius 1 is 1.52 bits per heavy atom. The van der Waals surface area contributed by atoms with Crippen LogP contribution < -0.4 is 5.32 Å². The van der Waals surface area contributed by atoms with E-state index in [9.17, 15) is 4.79 Å². The number of hydrogen-bond donors (Lipinski definition) is 1. The molecule has 0 aliphatic heterocycles. The summed E-state index contributed by atoms with van der Waals surface area (Å²) in [5.41, 5.74) is 0.871. The van der Waals surface area contributed by atoms with Gasteiger partial charge in [0.05, 0.1) is 11.7 Å². The Hall–Kier alpha value is -2.29. The molecule has 1 amide bonds. The van der Waals surface area contributed by atoms with Gasteiger partial charge < -0.3 is 5.32 Å². The first-order valence-electron chi connectivity index (χ1n) is 6.64. The van der Waals surface area contributed by atoms with Crippen molar-refractivity contribution >= 4 is 22.2 Å². The molecular formula is C12H15N7OS. The highest BCUT2D eigenvalue weighted by Crippen LogP contribution is 2.16. The molecule has 3 rings (SSSR count). The van der Waals surface area contributed by atoms with Gasteiger partial charge in [-0.1, -0.05) is 0 Å². The van der Waals surface area contributed by atoms with Gasteiger partial charge in [0.2, 0.25) is 5.91 Å². The quantitative estimate of drug-likeness (QED) is 0.735. The number of rotatable bonds is 6. The van der Waals surface area contributed by atoms with Crippen LogP contribution in [0.15, 0.2) is 24.1 Å². The molecule has 21 heavy (non-hydrogen) atoms. The number of thiazole rings is 1. The van der Waals surface area contributed by atoms with Gasteiger partial charge in [-0.3, -0.25) is 9.20 Å². The SMILES string of the molecule is C[C@@H](NC(=O)CCCn1cnnn1)c1cn2ccsc2n1. The van der Waals surface area contributed by atoms with Crippen LogP contribution in [-0.4, -0.2) is 35.5 Å². The van der Waals surface area contributed by atoms with E-state index in [0.29, 0.717) is 19.4 Å². The number of amides is 1. The number of fused-ring (bicyclic) bond motifs is 1. The van der Waals surface area contributed by atoms with E-state index in [1.165, 1.54) is 0 Å². The van der Waals surface area contributed by atoms with Crippen LogP contribution >= 0.6 is 11.3 Å². The summed E-state index contributed by atoms with van der Waals surface area (Å²) in [5, 5.41) is 15.8. The molecule has 8 nitrogen and oxygen atoms in total. The van der Waals surface area contributed by atoms with E-state index in [4.69, 9.17) is 0 Å². The number of aryl methyl sites for hydroxylation is 1. The lowest BCUT2D eigenvalue weighted by Crippen LogP contribution is -2.26. The van der Waals surface area contributed by atoms with E-state index < -0.39 is 0 Å². The van der Waals surface area contributed by atoms with Crippen molar-refractivity contribution in [3.63, 3.8) is 0 Å². The fourth-order valence-electron chi connectivity index (χ4n) is 2.03. The van der Waals surface area contributed by atoms with Gasteiger partial charge in [-0.2, -0.15) is 0 Å². The molecule has 3 aromatic rings. The Morgan fingerprint density at radius 2 is 2.43 bits per heavy atom. The highest BCUT2D eigenvalue weighted by atomic mass is 32.1. The predicted molar refractivity (Wildman–Crippen MR) is 76.7 cm³/mol. The molecule has 0 bridgehead atoms. The van der Waals surface area contributed by atoms with E-state index >= 15 is 0 Å². The highest BCUT2D eigenvalue weighted by Gasteiger charge is 2.13. The minimum atomic E-state index is -0.0994. The third-order valence-electron chi connectivity index (χ3n) is 3.12. The lowest BCUT2D eigenvalue weighted by molar-refractivity contribution is -0.121. The van der Waals surface area contributed by atoms with Crippen LogP contribution in [0, 0.1) is 0 Å². The summed E-state index contributed by atoms with van der Waals surface area (Å²) in [6.45, 7) is 2.57. The smallest absolute Gasteiger partial charge is 0.220 e.